The van der Waals surface area contributed by atoms with E-state index < -0.39 is 0 Å². The van der Waals surface area contributed by atoms with Crippen LogP contribution in [0.4, 0.5) is 10.5 Å². The number of halogens is 1. The number of amides is 2. The number of nitrogens with one attached hydrogen (secondary N) is 1. The highest BCUT2D eigenvalue weighted by Gasteiger charge is 2.33. The van der Waals surface area contributed by atoms with Crippen LogP contribution < -0.4 is 5.32 Å². The van der Waals surface area contributed by atoms with Gasteiger partial charge >= 0.3 is 6.03 Å². The third kappa shape index (κ3) is 2.59. The summed E-state index contributed by atoms with van der Waals surface area (Å²) in [6.07, 6.45) is 3.72. The second-order valence-corrected chi connectivity index (χ2v) is 6.16. The SMILES string of the molecule is O=C(Nc1ccccc1Cl)N1CCC[C@H]1c1nnc2ccccn12. The molecule has 1 fully saturated rings. The Balaban J connectivity index is 1.61. The van der Waals surface area contributed by atoms with E-state index in [1.165, 1.54) is 0 Å². The fourth-order valence-corrected chi connectivity index (χ4v) is 3.30. The molecule has 7 heteroatoms. The molecule has 1 aliphatic heterocycles. The number of fused-ring (bicyclic) bond motifs is 1. The third-order valence-electron chi connectivity index (χ3n) is 4.27. The first-order chi connectivity index (χ1) is 11.7. The number of nitrogens with zero attached hydrogens (tertiary/aromatic N) is 4. The second kappa shape index (κ2) is 6.13. The largest absolute Gasteiger partial charge is 0.322 e. The number of aromatic nitrogens is 3. The van der Waals surface area contributed by atoms with Gasteiger partial charge in [-0.1, -0.05) is 29.8 Å². The van der Waals surface area contributed by atoms with Crippen LogP contribution in [0.15, 0.2) is 48.7 Å². The van der Waals surface area contributed by atoms with Gasteiger partial charge in [0, 0.05) is 12.7 Å². The number of hydrogen-bond acceptors (Lipinski definition) is 3. The smallest absolute Gasteiger partial charge is 0.314 e. The van der Waals surface area contributed by atoms with Crippen LogP contribution in [0.1, 0.15) is 24.7 Å². The highest BCUT2D eigenvalue weighted by atomic mass is 35.5. The van der Waals surface area contributed by atoms with Gasteiger partial charge in [-0.25, -0.2) is 4.79 Å². The summed E-state index contributed by atoms with van der Waals surface area (Å²) in [5.74, 6) is 0.789. The van der Waals surface area contributed by atoms with Crippen LogP contribution >= 0.6 is 11.6 Å². The number of carbonyl (C=O) groups is 1. The Morgan fingerprint density at radius 1 is 1.17 bits per heavy atom. The van der Waals surface area contributed by atoms with Crippen molar-refractivity contribution in [2.75, 3.05) is 11.9 Å². The van der Waals surface area contributed by atoms with E-state index in [9.17, 15) is 4.79 Å². The number of benzene rings is 1. The van der Waals surface area contributed by atoms with Crippen molar-refractivity contribution in [3.05, 3.63) is 59.5 Å². The summed E-state index contributed by atoms with van der Waals surface area (Å²) >= 11 is 6.13. The summed E-state index contributed by atoms with van der Waals surface area (Å²) in [5, 5.41) is 11.9. The molecule has 1 saturated heterocycles. The molecule has 0 unspecified atom stereocenters. The molecule has 0 radical (unpaired) electrons. The number of pyridine rings is 1. The maximum absolute atomic E-state index is 12.7. The third-order valence-corrected chi connectivity index (χ3v) is 4.60. The summed E-state index contributed by atoms with van der Waals surface area (Å²) in [7, 11) is 0. The Morgan fingerprint density at radius 3 is 2.88 bits per heavy atom. The lowest BCUT2D eigenvalue weighted by molar-refractivity contribution is 0.204. The fourth-order valence-electron chi connectivity index (χ4n) is 3.11. The number of urea groups is 1. The van der Waals surface area contributed by atoms with Crippen LogP contribution in [-0.2, 0) is 0 Å². The minimum atomic E-state index is -0.168. The molecule has 122 valence electrons. The van der Waals surface area contributed by atoms with Crippen molar-refractivity contribution >= 4 is 29.0 Å². The van der Waals surface area contributed by atoms with E-state index in [1.807, 2.05) is 40.9 Å². The fraction of sp³-hybridized carbons (Fsp3) is 0.235. The highest BCUT2D eigenvalue weighted by Crippen LogP contribution is 2.32. The molecule has 2 aromatic heterocycles. The van der Waals surface area contributed by atoms with Gasteiger partial charge in [-0.2, -0.15) is 0 Å². The Morgan fingerprint density at radius 2 is 2.00 bits per heavy atom. The number of likely N-dealkylation sites (tertiary alicyclic amines) is 1. The molecule has 1 aliphatic rings. The number of rotatable bonds is 2. The van der Waals surface area contributed by atoms with Crippen LogP contribution in [-0.4, -0.2) is 32.1 Å². The molecule has 1 atom stereocenters. The second-order valence-electron chi connectivity index (χ2n) is 5.75. The molecule has 2 amide bonds. The minimum absolute atomic E-state index is 0.0927. The minimum Gasteiger partial charge on any atom is -0.314 e. The predicted octanol–water partition coefficient (Wildman–Crippen LogP) is 3.75. The first kappa shape index (κ1) is 15.0. The molecule has 0 aliphatic carbocycles. The number of para-hydroxylation sites is 1. The van der Waals surface area contributed by atoms with E-state index in [2.05, 4.69) is 15.5 Å². The van der Waals surface area contributed by atoms with Crippen molar-refractivity contribution in [2.24, 2.45) is 0 Å². The standard InChI is InChI=1S/C17H16ClN5O/c18-12-6-1-2-7-13(12)19-17(24)22-11-5-8-14(22)16-21-20-15-9-3-4-10-23(15)16/h1-4,6-7,9-10,14H,5,8,11H2,(H,19,24)/t14-/m0/s1. The zero-order valence-corrected chi connectivity index (χ0v) is 13.6. The molecule has 1 N–H and O–H groups in total. The lowest BCUT2D eigenvalue weighted by Crippen LogP contribution is -2.35. The van der Waals surface area contributed by atoms with Crippen molar-refractivity contribution < 1.29 is 4.79 Å². The van der Waals surface area contributed by atoms with Gasteiger partial charge in [0.2, 0.25) is 0 Å². The maximum atomic E-state index is 12.7. The van der Waals surface area contributed by atoms with Crippen LogP contribution in [0.25, 0.3) is 5.65 Å². The van der Waals surface area contributed by atoms with Gasteiger partial charge in [0.1, 0.15) is 0 Å². The van der Waals surface area contributed by atoms with Crippen molar-refractivity contribution in [1.29, 1.82) is 0 Å². The van der Waals surface area contributed by atoms with Gasteiger partial charge in [0.25, 0.3) is 0 Å². The molecule has 0 saturated carbocycles. The van der Waals surface area contributed by atoms with E-state index in [0.717, 1.165) is 24.3 Å². The highest BCUT2D eigenvalue weighted by molar-refractivity contribution is 6.33. The quantitative estimate of drug-likeness (QED) is 0.772. The molecule has 0 spiro atoms. The van der Waals surface area contributed by atoms with Crippen molar-refractivity contribution in [3.8, 4) is 0 Å². The Bertz CT molecular complexity index is 893. The molecule has 4 rings (SSSR count). The van der Waals surface area contributed by atoms with Gasteiger partial charge < -0.3 is 10.2 Å². The average molecular weight is 342 g/mol. The normalized spacial score (nSPS) is 17.4. The zero-order valence-electron chi connectivity index (χ0n) is 12.9. The topological polar surface area (TPSA) is 62.5 Å². The number of carbonyl (C=O) groups excluding carboxylic acids is 1. The maximum Gasteiger partial charge on any atom is 0.322 e. The van der Waals surface area contributed by atoms with Gasteiger partial charge in [0.15, 0.2) is 11.5 Å². The van der Waals surface area contributed by atoms with E-state index in [1.54, 1.807) is 17.0 Å². The average Bonchev–Trinajstić information content (AvgIpc) is 3.23. The van der Waals surface area contributed by atoms with Crippen molar-refractivity contribution in [2.45, 2.75) is 18.9 Å². The number of hydrogen-bond donors (Lipinski definition) is 1. The van der Waals surface area contributed by atoms with Gasteiger partial charge in [-0.3, -0.25) is 4.40 Å². The molecule has 3 heterocycles. The number of anilines is 1. The molecule has 0 bridgehead atoms. The van der Waals surface area contributed by atoms with Crippen molar-refractivity contribution in [3.63, 3.8) is 0 Å². The van der Waals surface area contributed by atoms with Crippen molar-refractivity contribution in [1.82, 2.24) is 19.5 Å². The van der Waals surface area contributed by atoms with Crippen LogP contribution in [0, 0.1) is 0 Å². The predicted molar refractivity (Wildman–Crippen MR) is 92.1 cm³/mol. The zero-order chi connectivity index (χ0) is 16.5. The first-order valence-electron chi connectivity index (χ1n) is 7.86. The Hall–Kier alpha value is -2.60. The van der Waals surface area contributed by atoms with Crippen LogP contribution in [0.5, 0.6) is 0 Å². The van der Waals surface area contributed by atoms with Gasteiger partial charge in [0.05, 0.1) is 16.8 Å². The molecule has 24 heavy (non-hydrogen) atoms. The van der Waals surface area contributed by atoms with E-state index in [4.69, 9.17) is 11.6 Å². The monoisotopic (exact) mass is 341 g/mol. The lowest BCUT2D eigenvalue weighted by atomic mass is 10.2. The first-order valence-corrected chi connectivity index (χ1v) is 8.23. The summed E-state index contributed by atoms with van der Waals surface area (Å²) < 4.78 is 1.94. The molecule has 3 aromatic rings. The summed E-state index contributed by atoms with van der Waals surface area (Å²) in [4.78, 5) is 14.5. The van der Waals surface area contributed by atoms with Gasteiger partial charge in [-0.05, 0) is 37.1 Å². The van der Waals surface area contributed by atoms with Crippen LogP contribution in [0.3, 0.4) is 0 Å². The molecule has 1 aromatic carbocycles. The van der Waals surface area contributed by atoms with Gasteiger partial charge in [-0.15, -0.1) is 10.2 Å². The molecular formula is C17H16ClN5O. The summed E-state index contributed by atoms with van der Waals surface area (Å²) in [5.41, 5.74) is 1.40. The van der Waals surface area contributed by atoms with E-state index in [0.29, 0.717) is 17.3 Å². The molecular weight excluding hydrogens is 326 g/mol. The van der Waals surface area contributed by atoms with Crippen LogP contribution in [0.2, 0.25) is 5.02 Å². The van der Waals surface area contributed by atoms with E-state index >= 15 is 0 Å². The molecule has 6 nitrogen and oxygen atoms in total. The Labute approximate surface area is 144 Å². The van der Waals surface area contributed by atoms with E-state index in [-0.39, 0.29) is 12.1 Å². The summed E-state index contributed by atoms with van der Waals surface area (Å²) in [6.45, 7) is 0.683. The lowest BCUT2D eigenvalue weighted by Gasteiger charge is -2.24. The Kier molecular flexibility index (Phi) is 3.82. The summed E-state index contributed by atoms with van der Waals surface area (Å²) in [6, 6.07) is 12.7.